The third kappa shape index (κ3) is 3.17. The van der Waals surface area contributed by atoms with Crippen LogP contribution in [0.2, 0.25) is 0 Å². The highest BCUT2D eigenvalue weighted by molar-refractivity contribution is 7.08. The summed E-state index contributed by atoms with van der Waals surface area (Å²) in [4.78, 5) is 9.31. The van der Waals surface area contributed by atoms with Crippen molar-refractivity contribution in [2.24, 2.45) is 0 Å². The third-order valence-corrected chi connectivity index (χ3v) is 5.48. The molecule has 2 aliphatic heterocycles. The number of nitrogen functional groups attached to an aromatic ring is 1. The van der Waals surface area contributed by atoms with E-state index in [9.17, 15) is 0 Å². The van der Waals surface area contributed by atoms with Crippen LogP contribution >= 0.6 is 11.3 Å². The minimum Gasteiger partial charge on any atom is -0.398 e. The Balaban J connectivity index is 1.39. The van der Waals surface area contributed by atoms with E-state index in [1.807, 2.05) is 41.8 Å². The molecule has 136 valence electrons. The number of hydrogen-bond acceptors (Lipinski definition) is 4. The zero-order valence-electron chi connectivity index (χ0n) is 15.1. The van der Waals surface area contributed by atoms with Gasteiger partial charge in [-0.05, 0) is 34.7 Å². The Labute approximate surface area is 167 Å². The molecule has 0 amide bonds. The zero-order valence-corrected chi connectivity index (χ0v) is 15.9. The highest BCUT2D eigenvalue weighted by atomic mass is 32.1. The fraction of sp³-hybridized carbons (Fsp3) is 0.0435. The Bertz CT molecular complexity index is 1190. The lowest BCUT2D eigenvalue weighted by molar-refractivity contribution is 0.790. The first kappa shape index (κ1) is 16.7. The normalized spacial score (nSPS) is 11.1. The van der Waals surface area contributed by atoms with Crippen molar-refractivity contribution in [2.45, 2.75) is 6.54 Å². The van der Waals surface area contributed by atoms with Crippen molar-refractivity contribution in [1.82, 2.24) is 14.5 Å². The van der Waals surface area contributed by atoms with Crippen LogP contribution in [-0.4, -0.2) is 14.5 Å². The molecule has 0 saturated heterocycles. The molecule has 0 atom stereocenters. The molecule has 3 aromatic rings. The number of nitrogens with two attached hydrogens (primary N) is 1. The molecule has 0 unspecified atom stereocenters. The standard InChI is InChI=1S/C23H18N4S/c24-20-4-2-1-3-19(20)17-7-5-16(6-8-17)13-27-11-9-21-22(14-27)26-23(25-21)18-10-12-28-15-18/h1-12,14-15H,13,24H2. The Hall–Kier alpha value is -3.44. The smallest absolute Gasteiger partial charge is 0.161 e. The van der Waals surface area contributed by atoms with Crippen LogP contribution in [0.1, 0.15) is 5.56 Å². The summed E-state index contributed by atoms with van der Waals surface area (Å²) in [5.74, 6) is 0.791. The predicted octanol–water partition coefficient (Wildman–Crippen LogP) is 5.41. The number of hydrogen-bond donors (Lipinski definition) is 1. The average molecular weight is 382 g/mol. The molecule has 5 heteroatoms. The molecule has 0 saturated carbocycles. The average Bonchev–Trinajstić information content (AvgIpc) is 3.38. The second-order valence-electron chi connectivity index (χ2n) is 6.73. The molecule has 0 spiro atoms. The van der Waals surface area contributed by atoms with Gasteiger partial charge in [-0.15, -0.1) is 0 Å². The number of benzene rings is 2. The largest absolute Gasteiger partial charge is 0.398 e. The highest BCUT2D eigenvalue weighted by Crippen LogP contribution is 2.27. The van der Waals surface area contributed by atoms with Crippen molar-refractivity contribution >= 4 is 17.0 Å². The van der Waals surface area contributed by atoms with Gasteiger partial charge >= 0.3 is 0 Å². The Kier molecular flexibility index (Phi) is 4.14. The molecule has 28 heavy (non-hydrogen) atoms. The van der Waals surface area contributed by atoms with Gasteiger partial charge in [0.25, 0.3) is 0 Å². The zero-order chi connectivity index (χ0) is 18.9. The van der Waals surface area contributed by atoms with Crippen LogP contribution in [0.4, 0.5) is 5.69 Å². The lowest BCUT2D eigenvalue weighted by Crippen LogP contribution is -2.01. The minimum absolute atomic E-state index is 0.779. The molecular weight excluding hydrogens is 364 g/mol. The van der Waals surface area contributed by atoms with Gasteiger partial charge in [-0.25, -0.2) is 9.97 Å². The van der Waals surface area contributed by atoms with Crippen molar-refractivity contribution in [3.63, 3.8) is 0 Å². The number of anilines is 1. The maximum absolute atomic E-state index is 6.09. The maximum Gasteiger partial charge on any atom is 0.161 e. The highest BCUT2D eigenvalue weighted by Gasteiger charge is 2.13. The van der Waals surface area contributed by atoms with Crippen molar-refractivity contribution in [2.75, 3.05) is 5.73 Å². The number of imidazole rings is 1. The number of para-hydroxylation sites is 1. The topological polar surface area (TPSA) is 56.7 Å². The first-order valence-electron chi connectivity index (χ1n) is 9.06. The van der Waals surface area contributed by atoms with Crippen molar-refractivity contribution in [1.29, 1.82) is 0 Å². The van der Waals surface area contributed by atoms with E-state index in [1.54, 1.807) is 11.3 Å². The summed E-state index contributed by atoms with van der Waals surface area (Å²) in [6.07, 6.45) is 4.11. The van der Waals surface area contributed by atoms with Gasteiger partial charge in [0, 0.05) is 41.1 Å². The van der Waals surface area contributed by atoms with Crippen LogP contribution in [0.3, 0.4) is 0 Å². The van der Waals surface area contributed by atoms with Crippen molar-refractivity contribution < 1.29 is 0 Å². The summed E-state index contributed by atoms with van der Waals surface area (Å²) >= 11 is 1.66. The van der Waals surface area contributed by atoms with Crippen molar-refractivity contribution in [3.05, 3.63) is 89.4 Å². The van der Waals surface area contributed by atoms with Gasteiger partial charge in [0.15, 0.2) is 5.82 Å². The fourth-order valence-electron chi connectivity index (χ4n) is 3.33. The van der Waals surface area contributed by atoms with Crippen LogP contribution in [0.5, 0.6) is 0 Å². The second kappa shape index (κ2) is 6.94. The third-order valence-electron chi connectivity index (χ3n) is 4.80. The fourth-order valence-corrected chi connectivity index (χ4v) is 3.97. The molecule has 0 aliphatic carbocycles. The molecular formula is C23H18N4S. The molecule has 1 aromatic heterocycles. The van der Waals surface area contributed by atoms with Gasteiger partial charge in [0.2, 0.25) is 0 Å². The van der Waals surface area contributed by atoms with Crippen molar-refractivity contribution in [3.8, 4) is 33.9 Å². The summed E-state index contributed by atoms with van der Waals surface area (Å²) < 4.78 is 2.14. The van der Waals surface area contributed by atoms with Crippen LogP contribution in [0.25, 0.3) is 33.9 Å². The molecule has 3 heterocycles. The lowest BCUT2D eigenvalue weighted by atomic mass is 10.0. The minimum atomic E-state index is 0.779. The summed E-state index contributed by atoms with van der Waals surface area (Å²) in [7, 11) is 0. The van der Waals surface area contributed by atoms with E-state index in [4.69, 9.17) is 5.73 Å². The van der Waals surface area contributed by atoms with Gasteiger partial charge in [-0.2, -0.15) is 11.3 Å². The number of thiophene rings is 1. The van der Waals surface area contributed by atoms with Gasteiger partial charge < -0.3 is 10.3 Å². The number of rotatable bonds is 4. The summed E-state index contributed by atoms with van der Waals surface area (Å²) in [6.45, 7) is 0.779. The van der Waals surface area contributed by atoms with Crippen LogP contribution < -0.4 is 5.73 Å². The molecule has 0 radical (unpaired) electrons. The van der Waals surface area contributed by atoms with E-state index in [-0.39, 0.29) is 0 Å². The summed E-state index contributed by atoms with van der Waals surface area (Å²) in [5.41, 5.74) is 13.2. The van der Waals surface area contributed by atoms with Crippen LogP contribution in [0.15, 0.2) is 83.8 Å². The SMILES string of the molecule is Nc1ccccc1-c1ccc(Cn2ccc3nc(-c4ccsc4)nc-3c2)cc1. The second-order valence-corrected chi connectivity index (χ2v) is 7.51. The Morgan fingerprint density at radius 3 is 2.46 bits per heavy atom. The molecule has 0 bridgehead atoms. The van der Waals surface area contributed by atoms with Crippen LogP contribution in [-0.2, 0) is 6.54 Å². The van der Waals surface area contributed by atoms with Gasteiger partial charge in [0.05, 0.1) is 5.69 Å². The summed E-state index contributed by atoms with van der Waals surface area (Å²) in [6, 6.07) is 20.6. The van der Waals surface area contributed by atoms with Gasteiger partial charge in [-0.3, -0.25) is 0 Å². The van der Waals surface area contributed by atoms with E-state index in [2.05, 4.69) is 56.6 Å². The molecule has 5 rings (SSSR count). The van der Waals surface area contributed by atoms with E-state index in [1.165, 1.54) is 5.56 Å². The van der Waals surface area contributed by atoms with E-state index in [0.717, 1.165) is 46.1 Å². The lowest BCUT2D eigenvalue weighted by Gasteiger charge is -2.10. The van der Waals surface area contributed by atoms with E-state index in [0.29, 0.717) is 0 Å². The maximum atomic E-state index is 6.09. The number of fused-ring (bicyclic) bond motifs is 1. The molecule has 2 N–H and O–H groups in total. The number of nitrogens with zero attached hydrogens (tertiary/aromatic N) is 3. The monoisotopic (exact) mass is 382 g/mol. The summed E-state index contributed by atoms with van der Waals surface area (Å²) in [5, 5.41) is 4.12. The molecule has 2 aliphatic rings. The molecule has 2 aromatic carbocycles. The molecule has 0 fully saturated rings. The van der Waals surface area contributed by atoms with Gasteiger partial charge in [0.1, 0.15) is 5.69 Å². The number of aromatic nitrogens is 3. The predicted molar refractivity (Wildman–Crippen MR) is 115 cm³/mol. The number of pyridine rings is 1. The van der Waals surface area contributed by atoms with Gasteiger partial charge in [-0.1, -0.05) is 42.5 Å². The first-order valence-corrected chi connectivity index (χ1v) is 10.0. The Morgan fingerprint density at radius 1 is 0.857 bits per heavy atom. The first-order chi connectivity index (χ1) is 13.8. The molecule has 4 nitrogen and oxygen atoms in total. The van der Waals surface area contributed by atoms with Crippen LogP contribution in [0, 0.1) is 0 Å². The quantitative estimate of drug-likeness (QED) is 0.423. The van der Waals surface area contributed by atoms with E-state index < -0.39 is 0 Å². The van der Waals surface area contributed by atoms with E-state index >= 15 is 0 Å². The Morgan fingerprint density at radius 2 is 1.68 bits per heavy atom.